The van der Waals surface area contributed by atoms with Gasteiger partial charge in [0, 0.05) is 25.0 Å². The summed E-state index contributed by atoms with van der Waals surface area (Å²) in [6, 6.07) is -0.158. The molecule has 0 aromatic heterocycles. The van der Waals surface area contributed by atoms with E-state index in [-0.39, 0.29) is 22.7 Å². The highest BCUT2D eigenvalue weighted by Gasteiger charge is 2.56. The fourth-order valence-electron chi connectivity index (χ4n) is 4.84. The number of hydrogen-bond donors (Lipinski definition) is 2. The number of nitrogens with zero attached hydrogens (tertiary/aromatic N) is 1. The molecule has 0 aromatic rings. The van der Waals surface area contributed by atoms with Gasteiger partial charge in [-0.3, -0.25) is 0 Å². The molecule has 1 saturated carbocycles. The van der Waals surface area contributed by atoms with Crippen molar-refractivity contribution in [2.45, 2.75) is 56.8 Å². The van der Waals surface area contributed by atoms with Crippen molar-refractivity contribution in [1.29, 1.82) is 0 Å². The summed E-state index contributed by atoms with van der Waals surface area (Å²) in [5.41, 5.74) is 0.946. The molecule has 0 saturated heterocycles. The first-order valence-corrected chi connectivity index (χ1v) is 9.98. The van der Waals surface area contributed by atoms with Crippen LogP contribution < -0.4 is 5.32 Å². The summed E-state index contributed by atoms with van der Waals surface area (Å²) in [6.07, 6.45) is 8.80. The van der Waals surface area contributed by atoms with Crippen LogP contribution in [0.4, 0.5) is 0 Å². The van der Waals surface area contributed by atoms with E-state index < -0.39 is 6.10 Å². The SMILES string of the molecule is C=CCNC(=S)OC1=CC23CCCC[C@@H]2OC2=C3[C@H](C[C@H](O)C2)N=C1OC. The number of rotatable bonds is 3. The van der Waals surface area contributed by atoms with Gasteiger partial charge in [-0.05, 0) is 37.6 Å². The molecule has 0 amide bonds. The lowest BCUT2D eigenvalue weighted by Gasteiger charge is -2.38. The van der Waals surface area contributed by atoms with Crippen LogP contribution in [0.25, 0.3) is 0 Å². The van der Waals surface area contributed by atoms with Gasteiger partial charge >= 0.3 is 0 Å². The predicted octanol–water partition coefficient (Wildman–Crippen LogP) is 2.74. The van der Waals surface area contributed by atoms with E-state index >= 15 is 0 Å². The van der Waals surface area contributed by atoms with Crippen molar-refractivity contribution in [3.05, 3.63) is 35.8 Å². The Bertz CT molecular complexity index is 744. The topological polar surface area (TPSA) is 72.3 Å². The van der Waals surface area contributed by atoms with Crippen LogP contribution in [0, 0.1) is 5.41 Å². The molecule has 7 heteroatoms. The molecule has 2 aliphatic heterocycles. The van der Waals surface area contributed by atoms with E-state index in [1.54, 1.807) is 13.2 Å². The third-order valence-corrected chi connectivity index (χ3v) is 6.10. The number of hydrogen-bond acceptors (Lipinski definition) is 6. The van der Waals surface area contributed by atoms with E-state index in [2.05, 4.69) is 18.0 Å². The maximum atomic E-state index is 10.3. The van der Waals surface area contributed by atoms with Gasteiger partial charge in [-0.25, -0.2) is 4.99 Å². The Balaban J connectivity index is 1.77. The second kappa shape index (κ2) is 7.28. The minimum absolute atomic E-state index is 0.0590. The van der Waals surface area contributed by atoms with E-state index in [0.29, 0.717) is 31.0 Å². The Morgan fingerprint density at radius 3 is 3.19 bits per heavy atom. The molecule has 146 valence electrons. The second-order valence-corrected chi connectivity index (χ2v) is 7.92. The van der Waals surface area contributed by atoms with Crippen molar-refractivity contribution in [2.24, 2.45) is 10.4 Å². The zero-order chi connectivity index (χ0) is 19.0. The minimum Gasteiger partial charge on any atom is -0.493 e. The molecule has 27 heavy (non-hydrogen) atoms. The van der Waals surface area contributed by atoms with E-state index in [1.165, 1.54) is 5.57 Å². The lowest BCUT2D eigenvalue weighted by molar-refractivity contribution is 0.0383. The standard InChI is InChI=1S/C20H26N2O4S/c1-3-8-21-19(27)26-15-11-20-7-5-4-6-16(20)25-14-10-12(23)9-13(17(14)20)22-18(15)24-2/h3,11-13,16,23H,1,4-10H2,2H3,(H,21,27)/t12-,13-,16-,20?/m0/s1. The van der Waals surface area contributed by atoms with Crippen molar-refractivity contribution >= 4 is 23.3 Å². The molecule has 2 heterocycles. The first kappa shape index (κ1) is 18.5. The summed E-state index contributed by atoms with van der Waals surface area (Å²) < 4.78 is 17.8. The number of thiocarbonyl (C=S) groups is 1. The quantitative estimate of drug-likeness (QED) is 0.570. The summed E-state index contributed by atoms with van der Waals surface area (Å²) in [5, 5.41) is 13.6. The molecule has 2 aliphatic carbocycles. The molecule has 0 radical (unpaired) electrons. The number of aliphatic hydroxyl groups is 1. The normalized spacial score (nSPS) is 34.2. The van der Waals surface area contributed by atoms with Crippen molar-refractivity contribution in [2.75, 3.05) is 13.7 Å². The highest BCUT2D eigenvalue weighted by atomic mass is 32.1. The van der Waals surface area contributed by atoms with Crippen molar-refractivity contribution < 1.29 is 19.3 Å². The van der Waals surface area contributed by atoms with Gasteiger partial charge in [-0.15, -0.1) is 6.58 Å². The summed E-state index contributed by atoms with van der Waals surface area (Å²) in [7, 11) is 1.58. The lowest BCUT2D eigenvalue weighted by atomic mass is 9.64. The zero-order valence-electron chi connectivity index (χ0n) is 15.6. The number of aliphatic hydroxyl groups excluding tert-OH is 1. The molecule has 6 nitrogen and oxygen atoms in total. The van der Waals surface area contributed by atoms with Crippen LogP contribution in [-0.2, 0) is 14.2 Å². The summed E-state index contributed by atoms with van der Waals surface area (Å²) >= 11 is 5.31. The largest absolute Gasteiger partial charge is 0.493 e. The van der Waals surface area contributed by atoms with Gasteiger partial charge in [0.1, 0.15) is 11.9 Å². The first-order valence-electron chi connectivity index (χ1n) is 9.57. The monoisotopic (exact) mass is 390 g/mol. The fourth-order valence-corrected chi connectivity index (χ4v) is 5.01. The minimum atomic E-state index is -0.453. The van der Waals surface area contributed by atoms with E-state index in [1.807, 2.05) is 0 Å². The predicted molar refractivity (Wildman–Crippen MR) is 106 cm³/mol. The van der Waals surface area contributed by atoms with Crippen LogP contribution in [0.5, 0.6) is 0 Å². The maximum Gasteiger partial charge on any atom is 0.262 e. The van der Waals surface area contributed by atoms with Crippen LogP contribution in [0.3, 0.4) is 0 Å². The Hall–Kier alpha value is -1.86. The Morgan fingerprint density at radius 1 is 1.56 bits per heavy atom. The molecular formula is C20H26N2O4S. The fraction of sp³-hybridized carbons (Fsp3) is 0.600. The first-order chi connectivity index (χ1) is 13.1. The Labute approximate surface area is 165 Å². The Kier molecular flexibility index (Phi) is 4.99. The van der Waals surface area contributed by atoms with Crippen LogP contribution in [0.2, 0.25) is 0 Å². The van der Waals surface area contributed by atoms with Gasteiger partial charge in [0.05, 0.1) is 24.7 Å². The van der Waals surface area contributed by atoms with Crippen LogP contribution >= 0.6 is 12.2 Å². The zero-order valence-corrected chi connectivity index (χ0v) is 16.4. The molecule has 2 N–H and O–H groups in total. The number of nitrogens with one attached hydrogen (secondary N) is 1. The van der Waals surface area contributed by atoms with Gasteiger partial charge in [-0.1, -0.05) is 12.5 Å². The highest BCUT2D eigenvalue weighted by molar-refractivity contribution is 7.80. The molecule has 4 atom stereocenters. The average Bonchev–Trinajstić information content (AvgIpc) is 2.90. The van der Waals surface area contributed by atoms with Gasteiger partial charge in [0.15, 0.2) is 5.76 Å². The van der Waals surface area contributed by atoms with E-state index in [0.717, 1.165) is 31.4 Å². The van der Waals surface area contributed by atoms with E-state index in [9.17, 15) is 5.11 Å². The van der Waals surface area contributed by atoms with E-state index in [4.69, 9.17) is 31.4 Å². The number of methoxy groups -OCH3 is 1. The van der Waals surface area contributed by atoms with Crippen LogP contribution in [0.15, 0.2) is 40.8 Å². The molecule has 4 aliphatic rings. The molecule has 4 rings (SSSR count). The molecule has 1 spiro atoms. The third kappa shape index (κ3) is 3.17. The maximum absolute atomic E-state index is 10.3. The van der Waals surface area contributed by atoms with Gasteiger partial charge < -0.3 is 24.6 Å². The summed E-state index contributed by atoms with van der Waals surface area (Å²) in [4.78, 5) is 4.80. The third-order valence-electron chi connectivity index (χ3n) is 5.88. The molecule has 1 fully saturated rings. The van der Waals surface area contributed by atoms with Crippen molar-refractivity contribution in [3.63, 3.8) is 0 Å². The lowest BCUT2D eigenvalue weighted by Crippen LogP contribution is -2.39. The van der Waals surface area contributed by atoms with Crippen LogP contribution in [-0.4, -0.2) is 48.1 Å². The summed E-state index contributed by atoms with van der Waals surface area (Å²) in [6.45, 7) is 4.20. The van der Waals surface area contributed by atoms with Crippen LogP contribution in [0.1, 0.15) is 38.5 Å². The molecule has 0 aromatic carbocycles. The van der Waals surface area contributed by atoms with Crippen molar-refractivity contribution in [1.82, 2.24) is 5.32 Å². The highest BCUT2D eigenvalue weighted by Crippen LogP contribution is 2.57. The Morgan fingerprint density at radius 2 is 2.41 bits per heavy atom. The molecular weight excluding hydrogens is 364 g/mol. The second-order valence-electron chi connectivity index (χ2n) is 7.55. The molecule has 0 bridgehead atoms. The van der Waals surface area contributed by atoms with Gasteiger partial charge in [0.2, 0.25) is 0 Å². The number of ether oxygens (including phenoxy) is 3. The smallest absolute Gasteiger partial charge is 0.262 e. The average molecular weight is 391 g/mol. The van der Waals surface area contributed by atoms with Gasteiger partial charge in [-0.2, -0.15) is 0 Å². The van der Waals surface area contributed by atoms with Crippen molar-refractivity contribution in [3.8, 4) is 0 Å². The molecule has 1 unspecified atom stereocenters. The van der Waals surface area contributed by atoms with Gasteiger partial charge in [0.25, 0.3) is 11.1 Å². The summed E-state index contributed by atoms with van der Waals surface area (Å²) in [5.74, 6) is 1.85. The number of aliphatic imine (C=N–C) groups is 1.